The second-order valence-corrected chi connectivity index (χ2v) is 10.2. The zero-order chi connectivity index (χ0) is 20.8. The van der Waals surface area contributed by atoms with Gasteiger partial charge in [0.1, 0.15) is 10.9 Å². The molecule has 0 radical (unpaired) electrons. The van der Waals surface area contributed by atoms with Gasteiger partial charge in [0, 0.05) is 17.9 Å². The molecule has 9 heteroatoms. The van der Waals surface area contributed by atoms with Crippen LogP contribution in [0.25, 0.3) is 0 Å². The van der Waals surface area contributed by atoms with E-state index in [0.717, 1.165) is 11.1 Å². The highest BCUT2D eigenvalue weighted by atomic mass is 32.2. The lowest BCUT2D eigenvalue weighted by molar-refractivity contribution is -0.136. The summed E-state index contributed by atoms with van der Waals surface area (Å²) in [5.74, 6) is 0.0858. The lowest BCUT2D eigenvalue weighted by atomic mass is 10.0. The largest absolute Gasteiger partial charge is 0.324 e. The van der Waals surface area contributed by atoms with Crippen molar-refractivity contribution in [3.8, 4) is 0 Å². The third-order valence-corrected chi connectivity index (χ3v) is 7.87. The minimum absolute atomic E-state index is 0.0472. The van der Waals surface area contributed by atoms with Crippen LogP contribution in [-0.4, -0.2) is 36.9 Å². The molecule has 2 heterocycles. The van der Waals surface area contributed by atoms with Gasteiger partial charge in [-0.15, -0.1) is 11.8 Å². The molecule has 0 saturated carbocycles. The van der Waals surface area contributed by atoms with Crippen LogP contribution < -0.4 is 10.5 Å². The summed E-state index contributed by atoms with van der Waals surface area (Å²) in [6.45, 7) is 2.01. The molecule has 7 nitrogen and oxygen atoms in total. The minimum atomic E-state index is -3.87. The standard InChI is InChI=1S/C20H21N3O4S2/c1-13-5-7-14(8-6-13)20-10-9-18(24)23(20)17(12-28-20)19(25)22-15-3-2-4-16(11-15)29(21,26)27/h2-8,11,17H,9-10,12H2,1H3,(H,22,25)(H2,21,26,27). The summed E-state index contributed by atoms with van der Waals surface area (Å²) in [4.78, 5) is 26.8. The molecule has 2 amide bonds. The Morgan fingerprint density at radius 3 is 2.66 bits per heavy atom. The van der Waals surface area contributed by atoms with E-state index in [1.807, 2.05) is 31.2 Å². The van der Waals surface area contributed by atoms with Crippen molar-refractivity contribution in [3.63, 3.8) is 0 Å². The number of nitrogens with two attached hydrogens (primary N) is 1. The van der Waals surface area contributed by atoms with E-state index in [1.165, 1.54) is 18.2 Å². The maximum Gasteiger partial charge on any atom is 0.248 e. The second kappa shape index (κ2) is 7.16. The summed E-state index contributed by atoms with van der Waals surface area (Å²) in [5.41, 5.74) is 2.48. The highest BCUT2D eigenvalue weighted by molar-refractivity contribution is 8.00. The predicted octanol–water partition coefficient (Wildman–Crippen LogP) is 2.17. The number of benzene rings is 2. The summed E-state index contributed by atoms with van der Waals surface area (Å²) in [5, 5.41) is 7.90. The molecule has 2 aliphatic heterocycles. The normalized spacial score (nSPS) is 23.9. The van der Waals surface area contributed by atoms with Gasteiger partial charge in [0.25, 0.3) is 0 Å². The summed E-state index contributed by atoms with van der Waals surface area (Å²) in [7, 11) is -3.87. The van der Waals surface area contributed by atoms with Crippen molar-refractivity contribution < 1.29 is 18.0 Å². The number of amides is 2. The van der Waals surface area contributed by atoms with Crippen LogP contribution in [0, 0.1) is 6.92 Å². The molecule has 2 fully saturated rings. The molecule has 2 aromatic rings. The van der Waals surface area contributed by atoms with Gasteiger partial charge >= 0.3 is 0 Å². The number of thioether (sulfide) groups is 1. The molecule has 2 aliphatic rings. The quantitative estimate of drug-likeness (QED) is 0.771. The average molecular weight is 432 g/mol. The zero-order valence-corrected chi connectivity index (χ0v) is 17.4. The molecule has 152 valence electrons. The van der Waals surface area contributed by atoms with E-state index in [-0.39, 0.29) is 16.7 Å². The fourth-order valence-electron chi connectivity index (χ4n) is 3.93. The van der Waals surface area contributed by atoms with Gasteiger partial charge in [-0.1, -0.05) is 35.9 Å². The molecule has 0 spiro atoms. The Bertz CT molecular complexity index is 1090. The average Bonchev–Trinajstić information content (AvgIpc) is 3.21. The van der Waals surface area contributed by atoms with Gasteiger partial charge in [-0.3, -0.25) is 9.59 Å². The molecule has 3 N–H and O–H groups in total. The van der Waals surface area contributed by atoms with E-state index in [2.05, 4.69) is 5.32 Å². The van der Waals surface area contributed by atoms with Gasteiger partial charge in [0.15, 0.2) is 0 Å². The maximum atomic E-state index is 13.0. The molecule has 0 aromatic heterocycles. The van der Waals surface area contributed by atoms with E-state index in [4.69, 9.17) is 5.14 Å². The van der Waals surface area contributed by atoms with Gasteiger partial charge in [-0.05, 0) is 37.1 Å². The van der Waals surface area contributed by atoms with Crippen molar-refractivity contribution in [2.45, 2.75) is 35.6 Å². The molecule has 4 rings (SSSR count). The number of fused-ring (bicyclic) bond motifs is 1. The number of aryl methyl sites for hydroxylation is 1. The summed E-state index contributed by atoms with van der Waals surface area (Å²) in [6, 6.07) is 13.2. The van der Waals surface area contributed by atoms with Gasteiger partial charge in [0.05, 0.1) is 4.90 Å². The first-order valence-corrected chi connectivity index (χ1v) is 11.7. The van der Waals surface area contributed by atoms with Crippen LogP contribution in [0.5, 0.6) is 0 Å². The monoisotopic (exact) mass is 431 g/mol. The van der Waals surface area contributed by atoms with E-state index in [1.54, 1.807) is 22.7 Å². The zero-order valence-electron chi connectivity index (χ0n) is 15.8. The van der Waals surface area contributed by atoms with Gasteiger partial charge < -0.3 is 10.2 Å². The van der Waals surface area contributed by atoms with Crippen molar-refractivity contribution >= 4 is 39.3 Å². The second-order valence-electron chi connectivity index (χ2n) is 7.30. The molecule has 2 atom stereocenters. The molecule has 2 unspecified atom stereocenters. The Labute approximate surface area is 173 Å². The SMILES string of the molecule is Cc1ccc(C23CCC(=O)N2C(C(=O)Nc2cccc(S(N)(=O)=O)c2)CS3)cc1. The van der Waals surface area contributed by atoms with Crippen molar-refractivity contribution in [2.24, 2.45) is 5.14 Å². The number of sulfonamides is 1. The third kappa shape index (κ3) is 3.54. The Morgan fingerprint density at radius 2 is 1.97 bits per heavy atom. The highest BCUT2D eigenvalue weighted by Gasteiger charge is 2.56. The molecule has 0 aliphatic carbocycles. The van der Waals surface area contributed by atoms with Crippen LogP contribution in [0.4, 0.5) is 5.69 Å². The van der Waals surface area contributed by atoms with Crippen LogP contribution in [0.1, 0.15) is 24.0 Å². The van der Waals surface area contributed by atoms with E-state index < -0.39 is 20.9 Å². The number of carbonyl (C=O) groups excluding carboxylic acids is 2. The lowest BCUT2D eigenvalue weighted by Gasteiger charge is -2.34. The highest BCUT2D eigenvalue weighted by Crippen LogP contribution is 2.54. The number of primary sulfonamides is 1. The topological polar surface area (TPSA) is 110 Å². The van der Waals surface area contributed by atoms with Crippen LogP contribution in [0.15, 0.2) is 53.4 Å². The van der Waals surface area contributed by atoms with Crippen LogP contribution >= 0.6 is 11.8 Å². The Kier molecular flexibility index (Phi) is 4.92. The Balaban J connectivity index is 1.60. The van der Waals surface area contributed by atoms with Gasteiger partial charge in [0.2, 0.25) is 21.8 Å². The molecular formula is C20H21N3O4S2. The van der Waals surface area contributed by atoms with E-state index in [0.29, 0.717) is 24.3 Å². The summed E-state index contributed by atoms with van der Waals surface area (Å²) in [6.07, 6.45) is 1.05. The van der Waals surface area contributed by atoms with Crippen molar-refractivity contribution in [2.75, 3.05) is 11.1 Å². The lowest BCUT2D eigenvalue weighted by Crippen LogP contribution is -2.48. The Morgan fingerprint density at radius 1 is 1.24 bits per heavy atom. The fourth-order valence-corrected chi connectivity index (χ4v) is 6.14. The molecule has 0 bridgehead atoms. The number of rotatable bonds is 4. The van der Waals surface area contributed by atoms with Crippen LogP contribution in [-0.2, 0) is 24.5 Å². The first-order chi connectivity index (χ1) is 13.7. The number of nitrogens with zero attached hydrogens (tertiary/aromatic N) is 1. The third-order valence-electron chi connectivity index (χ3n) is 5.36. The first-order valence-electron chi connectivity index (χ1n) is 9.18. The number of hydrogen-bond donors (Lipinski definition) is 2. The predicted molar refractivity (Wildman–Crippen MR) is 112 cm³/mol. The van der Waals surface area contributed by atoms with E-state index >= 15 is 0 Å². The molecule has 2 aromatic carbocycles. The summed E-state index contributed by atoms with van der Waals surface area (Å²) < 4.78 is 23.1. The van der Waals surface area contributed by atoms with Gasteiger partial charge in [-0.25, -0.2) is 13.6 Å². The number of nitrogens with one attached hydrogen (secondary N) is 1. The Hall–Kier alpha value is -2.36. The van der Waals surface area contributed by atoms with Crippen molar-refractivity contribution in [3.05, 3.63) is 59.7 Å². The maximum absolute atomic E-state index is 13.0. The summed E-state index contributed by atoms with van der Waals surface area (Å²) >= 11 is 1.61. The van der Waals surface area contributed by atoms with Crippen LogP contribution in [0.2, 0.25) is 0 Å². The number of anilines is 1. The number of hydrogen-bond acceptors (Lipinski definition) is 5. The fraction of sp³-hybridized carbons (Fsp3) is 0.300. The van der Waals surface area contributed by atoms with E-state index in [9.17, 15) is 18.0 Å². The van der Waals surface area contributed by atoms with Crippen molar-refractivity contribution in [1.29, 1.82) is 0 Å². The van der Waals surface area contributed by atoms with Gasteiger partial charge in [-0.2, -0.15) is 0 Å². The number of carbonyl (C=O) groups is 2. The minimum Gasteiger partial charge on any atom is -0.324 e. The van der Waals surface area contributed by atoms with Crippen molar-refractivity contribution in [1.82, 2.24) is 4.90 Å². The molecule has 29 heavy (non-hydrogen) atoms. The smallest absolute Gasteiger partial charge is 0.248 e. The van der Waals surface area contributed by atoms with Crippen LogP contribution in [0.3, 0.4) is 0 Å². The molecular weight excluding hydrogens is 410 g/mol. The molecule has 2 saturated heterocycles. The first kappa shape index (κ1) is 19.9.